The first-order valence-electron chi connectivity index (χ1n) is 18.6. The number of nitriles is 1. The molecule has 0 radical (unpaired) electrons. The summed E-state index contributed by atoms with van der Waals surface area (Å²) in [7, 11) is -2.40. The fraction of sp³-hybridized carbons (Fsp3) is 0.356. The molecule has 0 saturated carbocycles. The first kappa shape index (κ1) is 40.6. The van der Waals surface area contributed by atoms with Gasteiger partial charge in [0.25, 0.3) is 0 Å². The molecule has 3 aliphatic rings. The van der Waals surface area contributed by atoms with E-state index in [-0.39, 0.29) is 17.5 Å². The standard InChI is InChI=1S/C45H54N7O2Si/c1-43(2,3)51(53)29-37-34-21-13-12-14-22-35(34)38(41(37)55(10,11)45(7,8)9)39-36(27-46)40(54-52(39)44(4,5)6)33-20-16-18-31(26-33)24-23-30-17-15-19-32(25-30)28-49-50-42(47)48/h12-22,25-26,28,39H,29H2,1-11H3,(H4,47,48,50)/q+1. The average molecular weight is 753 g/mol. The third-order valence-corrected chi connectivity index (χ3v) is 16.1. The zero-order valence-corrected chi connectivity index (χ0v) is 35.1. The lowest BCUT2D eigenvalue weighted by atomic mass is 9.92. The molecule has 0 saturated heterocycles. The van der Waals surface area contributed by atoms with Crippen molar-refractivity contribution in [2.75, 3.05) is 0 Å². The van der Waals surface area contributed by atoms with Gasteiger partial charge < -0.3 is 16.3 Å². The van der Waals surface area contributed by atoms with Crippen LogP contribution in [0.3, 0.4) is 0 Å². The summed E-state index contributed by atoms with van der Waals surface area (Å²) in [5, 5.41) is 21.9. The molecule has 0 bridgehead atoms. The van der Waals surface area contributed by atoms with E-state index in [9.17, 15) is 10.2 Å². The van der Waals surface area contributed by atoms with Gasteiger partial charge in [-0.05, 0) is 77.5 Å². The summed E-state index contributed by atoms with van der Waals surface area (Å²) >= 11 is 0. The summed E-state index contributed by atoms with van der Waals surface area (Å²) in [5.74, 6) is 6.92. The Kier molecular flexibility index (Phi) is 11.3. The largest absolute Gasteiger partial charge is 0.403 e. The van der Waals surface area contributed by atoms with E-state index in [0.717, 1.165) is 44.5 Å². The van der Waals surface area contributed by atoms with E-state index < -0.39 is 25.2 Å². The normalized spacial score (nSPS) is 15.4. The zero-order chi connectivity index (χ0) is 40.5. The van der Waals surface area contributed by atoms with Crippen molar-refractivity contribution in [3.63, 3.8) is 0 Å². The highest BCUT2D eigenvalue weighted by atomic mass is 28.3. The molecule has 0 aromatic heterocycles. The van der Waals surface area contributed by atoms with Crippen molar-refractivity contribution in [1.82, 2.24) is 5.06 Å². The fourth-order valence-electron chi connectivity index (χ4n) is 6.68. The maximum atomic E-state index is 13.9. The number of hydrogen-bond acceptors (Lipinski definition) is 6. The molecule has 4 N–H and O–H groups in total. The molecule has 10 heteroatoms. The number of nitroso groups, excluding NO2 is 1. The van der Waals surface area contributed by atoms with E-state index in [2.05, 4.69) is 94.9 Å². The second-order valence-corrected chi connectivity index (χ2v) is 22.9. The second kappa shape index (κ2) is 15.3. The van der Waals surface area contributed by atoms with Gasteiger partial charge in [0.1, 0.15) is 12.1 Å². The molecule has 0 fully saturated rings. The number of hydrogen-bond donors (Lipinski definition) is 2. The molecule has 2 aliphatic carbocycles. The number of nitrogens with zero attached hydrogens (tertiary/aromatic N) is 5. The van der Waals surface area contributed by atoms with Crippen LogP contribution in [0.25, 0.3) is 16.9 Å². The molecule has 2 aromatic rings. The number of guanidine groups is 1. The van der Waals surface area contributed by atoms with Crippen LogP contribution in [0.1, 0.15) is 102 Å². The Bertz CT molecular complexity index is 2280. The highest BCUT2D eigenvalue weighted by Gasteiger charge is 2.51. The van der Waals surface area contributed by atoms with Gasteiger partial charge >= 0.3 is 0 Å². The average Bonchev–Trinajstić information content (AvgIpc) is 3.51. The van der Waals surface area contributed by atoms with Crippen LogP contribution < -0.4 is 16.7 Å². The molecule has 9 nitrogen and oxygen atoms in total. The van der Waals surface area contributed by atoms with Crippen LogP contribution in [0.15, 0.2) is 94.6 Å². The number of rotatable bonds is 7. The topological polar surface area (TPSA) is 133 Å². The van der Waals surface area contributed by atoms with Gasteiger partial charge in [-0.25, -0.2) is 0 Å². The summed E-state index contributed by atoms with van der Waals surface area (Å²) < 4.78 is 1.19. The van der Waals surface area contributed by atoms with E-state index in [4.69, 9.17) is 16.3 Å². The lowest BCUT2D eigenvalue weighted by Crippen LogP contribution is -2.53. The molecule has 1 unspecified atom stereocenters. The maximum absolute atomic E-state index is 13.9. The van der Waals surface area contributed by atoms with Crippen LogP contribution >= 0.6 is 0 Å². The Morgan fingerprint density at radius 2 is 1.51 bits per heavy atom. The van der Waals surface area contributed by atoms with Crippen molar-refractivity contribution >= 4 is 31.2 Å². The lowest BCUT2D eigenvalue weighted by Gasteiger charge is -2.41. The predicted octanol–water partition coefficient (Wildman–Crippen LogP) is 8.61. The van der Waals surface area contributed by atoms with Crippen molar-refractivity contribution < 1.29 is 9.60 Å². The van der Waals surface area contributed by atoms with Gasteiger partial charge in [-0.1, -0.05) is 100 Å². The SMILES string of the molecule is CC(C)(C)N1OC(c2cccc(C#Cc3cccc(C=NN=C(N)N)c3)c2)=C(C#N)C1c1c2cccccc-2c(C[N+](=O)C(C)(C)C)c1[Si](C)(C)C(C)(C)C. The van der Waals surface area contributed by atoms with Gasteiger partial charge in [0.2, 0.25) is 18.0 Å². The molecule has 2 aromatic carbocycles. The first-order chi connectivity index (χ1) is 25.6. The third-order valence-electron chi connectivity index (χ3n) is 10.5. The van der Waals surface area contributed by atoms with Crippen LogP contribution in [0.4, 0.5) is 0 Å². The third kappa shape index (κ3) is 8.57. The molecule has 0 spiro atoms. The molecule has 284 valence electrons. The summed E-state index contributed by atoms with van der Waals surface area (Å²) in [6, 6.07) is 27.9. The quantitative estimate of drug-likeness (QED) is 0.0485. The van der Waals surface area contributed by atoms with Crippen LogP contribution in [0.2, 0.25) is 18.1 Å². The Balaban J connectivity index is 1.73. The lowest BCUT2D eigenvalue weighted by molar-refractivity contribution is -0.630. The number of hydroxylamine groups is 2. The van der Waals surface area contributed by atoms with Gasteiger partial charge in [-0.3, -0.25) is 0 Å². The molecular weight excluding hydrogens is 699 g/mol. The Labute approximate surface area is 327 Å². The van der Waals surface area contributed by atoms with Crippen LogP contribution in [0, 0.1) is 28.1 Å². The summed E-state index contributed by atoms with van der Waals surface area (Å²) in [6.45, 7) is 24.1. The minimum Gasteiger partial charge on any atom is -0.403 e. The van der Waals surface area contributed by atoms with Crippen molar-refractivity contribution in [2.45, 2.75) is 104 Å². The molecule has 1 aliphatic heterocycles. The van der Waals surface area contributed by atoms with Crippen LogP contribution in [-0.4, -0.2) is 41.1 Å². The highest BCUT2D eigenvalue weighted by Crippen LogP contribution is 2.51. The van der Waals surface area contributed by atoms with Crippen molar-refractivity contribution in [3.05, 3.63) is 123 Å². The van der Waals surface area contributed by atoms with Crippen molar-refractivity contribution in [1.29, 1.82) is 5.26 Å². The molecule has 5 rings (SSSR count). The van der Waals surface area contributed by atoms with Crippen molar-refractivity contribution in [3.8, 4) is 29.0 Å². The smallest absolute Gasteiger partial charge is 0.218 e. The molecule has 55 heavy (non-hydrogen) atoms. The van der Waals surface area contributed by atoms with Crippen molar-refractivity contribution in [2.24, 2.45) is 21.7 Å². The zero-order valence-electron chi connectivity index (χ0n) is 34.1. The van der Waals surface area contributed by atoms with E-state index >= 15 is 0 Å². The molecule has 1 heterocycles. The molecule has 1 atom stereocenters. The molecule has 0 amide bonds. The van der Waals surface area contributed by atoms with Gasteiger partial charge in [0, 0.05) is 58.2 Å². The van der Waals surface area contributed by atoms with E-state index in [1.807, 2.05) is 92.6 Å². The Morgan fingerprint density at radius 1 is 0.891 bits per heavy atom. The minimum absolute atomic E-state index is 0.0738. The summed E-state index contributed by atoms with van der Waals surface area (Å²) in [5.41, 5.74) is 17.5. The summed E-state index contributed by atoms with van der Waals surface area (Å²) in [4.78, 5) is 20.7. The number of nitrogens with two attached hydrogens (primary N) is 2. The van der Waals surface area contributed by atoms with Gasteiger partial charge in [-0.2, -0.15) is 10.4 Å². The number of fused-ring (bicyclic) bond motifs is 1. The van der Waals surface area contributed by atoms with Crippen LogP contribution in [0.5, 0.6) is 0 Å². The molecular formula is C45H54N7O2Si+. The minimum atomic E-state index is -2.40. The maximum Gasteiger partial charge on any atom is 0.218 e. The second-order valence-electron chi connectivity index (χ2n) is 17.7. The van der Waals surface area contributed by atoms with Crippen LogP contribution in [-0.2, 0) is 11.4 Å². The monoisotopic (exact) mass is 752 g/mol. The first-order valence-corrected chi connectivity index (χ1v) is 21.6. The van der Waals surface area contributed by atoms with E-state index in [1.165, 1.54) is 9.95 Å². The van der Waals surface area contributed by atoms with Gasteiger partial charge in [0.15, 0.2) is 5.76 Å². The highest BCUT2D eigenvalue weighted by molar-refractivity contribution is 6.93. The Morgan fingerprint density at radius 3 is 2.09 bits per heavy atom. The summed E-state index contributed by atoms with van der Waals surface area (Å²) in [6.07, 6.45) is 1.56. The fourth-order valence-corrected chi connectivity index (χ4v) is 9.35. The Hall–Kier alpha value is -5.55. The number of benzene rings is 2. The predicted molar refractivity (Wildman–Crippen MR) is 227 cm³/mol. The van der Waals surface area contributed by atoms with Gasteiger partial charge in [0.05, 0.1) is 19.9 Å². The van der Waals surface area contributed by atoms with E-state index in [1.54, 1.807) is 6.21 Å². The van der Waals surface area contributed by atoms with Gasteiger partial charge in [-0.15, -0.1) is 10.2 Å². The van der Waals surface area contributed by atoms with E-state index in [0.29, 0.717) is 11.3 Å².